The lowest BCUT2D eigenvalue weighted by Crippen LogP contribution is -2.36. The zero-order chi connectivity index (χ0) is 13.3. The summed E-state index contributed by atoms with van der Waals surface area (Å²) < 4.78 is 6.17. The first-order valence-electron chi connectivity index (χ1n) is 4.94. The summed E-state index contributed by atoms with van der Waals surface area (Å²) in [5.74, 6) is 0.0587. The molecule has 0 aliphatic carbocycles. The largest absolute Gasteiger partial charge is 0.472 e. The maximum Gasteiger partial charge on any atom is 0.331 e. The Labute approximate surface area is 99.6 Å². The Morgan fingerprint density at radius 2 is 2.33 bits per heavy atom. The van der Waals surface area contributed by atoms with Gasteiger partial charge in [-0.3, -0.25) is 14.3 Å². The van der Waals surface area contributed by atoms with Crippen LogP contribution in [0.25, 0.3) is 10.4 Å². The van der Waals surface area contributed by atoms with Crippen LogP contribution in [-0.4, -0.2) is 26.8 Å². The number of H-pyrrole nitrogens is 1. The minimum atomic E-state index is -1.25. The number of aliphatic hydroxyl groups is 1. The summed E-state index contributed by atoms with van der Waals surface area (Å²) >= 11 is 0. The molecule has 2 N–H and O–H groups in total. The second-order valence-electron chi connectivity index (χ2n) is 3.63. The van der Waals surface area contributed by atoms with Crippen molar-refractivity contribution >= 4 is 0 Å². The number of aromatic nitrogens is 2. The van der Waals surface area contributed by atoms with Crippen molar-refractivity contribution in [3.8, 4) is 0 Å². The molecule has 1 aliphatic rings. The molecule has 2 heterocycles. The molecule has 0 saturated carbocycles. The summed E-state index contributed by atoms with van der Waals surface area (Å²) in [5, 5.41) is 13.2. The summed E-state index contributed by atoms with van der Waals surface area (Å²) in [6, 6.07) is 0.139. The molecular weight excluding hydrogens is 242 g/mol. The molecule has 9 nitrogen and oxygen atoms in total. The van der Waals surface area contributed by atoms with Crippen LogP contribution in [-0.2, 0) is 4.74 Å². The van der Waals surface area contributed by atoms with Crippen molar-refractivity contribution in [2.24, 2.45) is 5.11 Å². The Balaban J connectivity index is 2.41. The van der Waals surface area contributed by atoms with Crippen molar-refractivity contribution in [2.45, 2.75) is 18.4 Å². The van der Waals surface area contributed by atoms with Crippen LogP contribution in [0.1, 0.15) is 6.23 Å². The minimum absolute atomic E-state index is 0.0587. The van der Waals surface area contributed by atoms with Gasteiger partial charge in [-0.1, -0.05) is 11.7 Å². The summed E-state index contributed by atoms with van der Waals surface area (Å²) in [7, 11) is 0. The molecule has 0 aromatic carbocycles. The van der Waals surface area contributed by atoms with Crippen molar-refractivity contribution < 1.29 is 9.84 Å². The lowest BCUT2D eigenvalue weighted by molar-refractivity contribution is 0.00335. The van der Waals surface area contributed by atoms with E-state index in [1.165, 1.54) is 6.20 Å². The first kappa shape index (κ1) is 12.0. The molecule has 0 bridgehead atoms. The van der Waals surface area contributed by atoms with E-state index in [0.717, 1.165) is 10.6 Å². The highest BCUT2D eigenvalue weighted by Gasteiger charge is 2.40. The van der Waals surface area contributed by atoms with Gasteiger partial charge in [0.1, 0.15) is 17.9 Å². The third-order valence-electron chi connectivity index (χ3n) is 2.52. The highest BCUT2D eigenvalue weighted by atomic mass is 16.5. The number of aromatic amines is 1. The number of azide groups is 1. The Morgan fingerprint density at radius 3 is 2.94 bits per heavy atom. The Hall–Kier alpha value is -2.51. The second kappa shape index (κ2) is 4.40. The van der Waals surface area contributed by atoms with Crippen molar-refractivity contribution in [1.82, 2.24) is 9.55 Å². The SMILES string of the molecule is C=C1O[C@@H](n2ccc(=O)[nH]c2=O)[C@@H](O)[C@H]1N=[N+]=[N-]. The van der Waals surface area contributed by atoms with Gasteiger partial charge in [0.25, 0.3) is 5.56 Å². The molecule has 1 saturated heterocycles. The van der Waals surface area contributed by atoms with Crippen LogP contribution in [0.3, 0.4) is 0 Å². The van der Waals surface area contributed by atoms with E-state index < -0.39 is 29.6 Å². The number of aliphatic hydroxyl groups excluding tert-OH is 1. The van der Waals surface area contributed by atoms with Crippen LogP contribution in [0.4, 0.5) is 0 Å². The fourth-order valence-corrected chi connectivity index (χ4v) is 1.68. The molecule has 2 rings (SSSR count). The zero-order valence-corrected chi connectivity index (χ0v) is 9.05. The topological polar surface area (TPSA) is 133 Å². The summed E-state index contributed by atoms with van der Waals surface area (Å²) in [4.78, 5) is 27.0. The molecule has 1 fully saturated rings. The van der Waals surface area contributed by atoms with Gasteiger partial charge in [-0.25, -0.2) is 4.79 Å². The summed E-state index contributed by atoms with van der Waals surface area (Å²) in [6.45, 7) is 3.49. The zero-order valence-electron chi connectivity index (χ0n) is 9.05. The Bertz CT molecular complexity index is 641. The van der Waals surface area contributed by atoms with E-state index in [9.17, 15) is 14.7 Å². The molecule has 1 aliphatic heterocycles. The second-order valence-corrected chi connectivity index (χ2v) is 3.63. The highest BCUT2D eigenvalue weighted by Crippen LogP contribution is 2.31. The monoisotopic (exact) mass is 251 g/mol. The first-order chi connectivity index (χ1) is 8.54. The number of nitrogens with zero attached hydrogens (tertiary/aromatic N) is 4. The standard InChI is InChI=1S/C9H9N5O4/c1-4-6(12-13-10)7(16)8(18-4)14-3-2-5(15)11-9(14)17/h2-3,6-8,16H,1H2,(H,11,15,17)/t6-,7-,8+/m0/s1. The normalized spacial score (nSPS) is 26.5. The van der Waals surface area contributed by atoms with Crippen LogP contribution in [0.5, 0.6) is 0 Å². The molecular formula is C9H9N5O4. The number of ether oxygens (including phenoxy) is 1. The van der Waals surface area contributed by atoms with E-state index in [1.54, 1.807) is 0 Å². The number of hydrogen-bond acceptors (Lipinski definition) is 5. The summed E-state index contributed by atoms with van der Waals surface area (Å²) in [5.41, 5.74) is 7.05. The van der Waals surface area contributed by atoms with Gasteiger partial charge in [0.05, 0.1) is 0 Å². The Morgan fingerprint density at radius 1 is 1.61 bits per heavy atom. The van der Waals surface area contributed by atoms with Gasteiger partial charge in [-0.15, -0.1) is 0 Å². The van der Waals surface area contributed by atoms with Crippen molar-refractivity contribution in [3.05, 3.63) is 55.9 Å². The molecule has 18 heavy (non-hydrogen) atoms. The number of hydrogen-bond donors (Lipinski definition) is 2. The molecule has 0 unspecified atom stereocenters. The van der Waals surface area contributed by atoms with Crippen LogP contribution in [0.15, 0.2) is 39.3 Å². The van der Waals surface area contributed by atoms with Gasteiger partial charge >= 0.3 is 5.69 Å². The average molecular weight is 251 g/mol. The smallest absolute Gasteiger partial charge is 0.331 e. The molecule has 1 aromatic heterocycles. The fraction of sp³-hybridized carbons (Fsp3) is 0.333. The lowest BCUT2D eigenvalue weighted by Gasteiger charge is -2.16. The molecule has 9 heteroatoms. The van der Waals surface area contributed by atoms with Crippen molar-refractivity contribution in [1.29, 1.82) is 0 Å². The third-order valence-corrected chi connectivity index (χ3v) is 2.52. The van der Waals surface area contributed by atoms with Gasteiger partial charge in [0.2, 0.25) is 6.23 Å². The lowest BCUT2D eigenvalue weighted by atomic mass is 10.1. The van der Waals surface area contributed by atoms with E-state index in [-0.39, 0.29) is 5.76 Å². The van der Waals surface area contributed by atoms with E-state index in [2.05, 4.69) is 16.6 Å². The minimum Gasteiger partial charge on any atom is -0.472 e. The molecule has 3 atom stereocenters. The van der Waals surface area contributed by atoms with Gasteiger partial charge in [0, 0.05) is 17.2 Å². The fourth-order valence-electron chi connectivity index (χ4n) is 1.68. The van der Waals surface area contributed by atoms with Crippen molar-refractivity contribution in [3.63, 3.8) is 0 Å². The Kier molecular flexibility index (Phi) is 2.92. The van der Waals surface area contributed by atoms with E-state index in [4.69, 9.17) is 10.3 Å². The van der Waals surface area contributed by atoms with Gasteiger partial charge in [0.15, 0.2) is 0 Å². The van der Waals surface area contributed by atoms with Gasteiger partial charge < -0.3 is 9.84 Å². The van der Waals surface area contributed by atoms with Crippen LogP contribution in [0.2, 0.25) is 0 Å². The molecule has 0 spiro atoms. The van der Waals surface area contributed by atoms with Crippen LogP contribution < -0.4 is 11.2 Å². The molecule has 94 valence electrons. The number of rotatable bonds is 2. The van der Waals surface area contributed by atoms with Crippen LogP contribution >= 0.6 is 0 Å². The first-order valence-corrected chi connectivity index (χ1v) is 4.94. The van der Waals surface area contributed by atoms with Crippen LogP contribution in [0, 0.1) is 0 Å². The molecule has 1 aromatic rings. The van der Waals surface area contributed by atoms with E-state index in [1.807, 2.05) is 4.98 Å². The quantitative estimate of drug-likeness (QED) is 0.421. The number of nitrogens with one attached hydrogen (secondary N) is 1. The molecule has 0 amide bonds. The predicted molar refractivity (Wildman–Crippen MR) is 59.5 cm³/mol. The van der Waals surface area contributed by atoms with E-state index >= 15 is 0 Å². The summed E-state index contributed by atoms with van der Waals surface area (Å²) in [6.07, 6.45) is -1.16. The van der Waals surface area contributed by atoms with Gasteiger partial charge in [-0.2, -0.15) is 0 Å². The van der Waals surface area contributed by atoms with E-state index in [0.29, 0.717) is 0 Å². The predicted octanol–water partition coefficient (Wildman–Crippen LogP) is -0.381. The van der Waals surface area contributed by atoms with Crippen molar-refractivity contribution in [2.75, 3.05) is 0 Å². The maximum absolute atomic E-state index is 11.5. The van der Waals surface area contributed by atoms with Gasteiger partial charge in [-0.05, 0) is 5.53 Å². The molecule has 0 radical (unpaired) electrons. The average Bonchev–Trinajstić information content (AvgIpc) is 2.58. The highest BCUT2D eigenvalue weighted by molar-refractivity contribution is 5.09. The maximum atomic E-state index is 11.5. The third kappa shape index (κ3) is 1.88.